The molecule has 1 aliphatic carbocycles. The predicted octanol–water partition coefficient (Wildman–Crippen LogP) is 3.38. The molecule has 2 atom stereocenters. The van der Waals surface area contributed by atoms with Crippen LogP contribution >= 0.6 is 0 Å². The van der Waals surface area contributed by atoms with Gasteiger partial charge in [0.15, 0.2) is 0 Å². The number of benzene rings is 1. The number of ether oxygens (including phenoxy) is 3. The summed E-state index contributed by atoms with van der Waals surface area (Å²) in [6, 6.07) is 8.69. The fourth-order valence-electron chi connectivity index (χ4n) is 5.35. The van der Waals surface area contributed by atoms with Gasteiger partial charge >= 0.3 is 5.97 Å². The summed E-state index contributed by atoms with van der Waals surface area (Å²) in [4.78, 5) is 15.0. The fourth-order valence-corrected chi connectivity index (χ4v) is 5.35. The van der Waals surface area contributed by atoms with E-state index in [1.54, 1.807) is 7.11 Å². The second kappa shape index (κ2) is 7.80. The molecule has 1 spiro atoms. The normalized spacial score (nSPS) is 34.1. The van der Waals surface area contributed by atoms with Crippen molar-refractivity contribution in [3.05, 3.63) is 29.8 Å². The topological polar surface area (TPSA) is 48.0 Å². The van der Waals surface area contributed by atoms with Crippen molar-refractivity contribution in [3.63, 3.8) is 0 Å². The van der Waals surface area contributed by atoms with E-state index in [9.17, 15) is 4.79 Å². The average molecular weight is 373 g/mol. The Morgan fingerprint density at radius 2 is 1.85 bits per heavy atom. The molecule has 0 radical (unpaired) electrons. The Bertz CT molecular complexity index is 643. The van der Waals surface area contributed by atoms with E-state index in [1.165, 1.54) is 38.4 Å². The largest absolute Gasteiger partial charge is 0.497 e. The maximum Gasteiger partial charge on any atom is 0.310 e. The van der Waals surface area contributed by atoms with Crippen molar-refractivity contribution in [1.29, 1.82) is 0 Å². The summed E-state index contributed by atoms with van der Waals surface area (Å²) in [5, 5.41) is 0. The Morgan fingerprint density at radius 3 is 2.44 bits per heavy atom. The maximum absolute atomic E-state index is 12.5. The van der Waals surface area contributed by atoms with Crippen LogP contribution in [0.15, 0.2) is 24.3 Å². The molecule has 0 amide bonds. The highest BCUT2D eigenvalue weighted by molar-refractivity contribution is 5.74. The monoisotopic (exact) mass is 373 g/mol. The molecule has 27 heavy (non-hydrogen) atoms. The molecule has 148 valence electrons. The van der Waals surface area contributed by atoms with Gasteiger partial charge in [-0.15, -0.1) is 0 Å². The summed E-state index contributed by atoms with van der Waals surface area (Å²) in [6.45, 7) is 2.64. The summed E-state index contributed by atoms with van der Waals surface area (Å²) < 4.78 is 16.5. The van der Waals surface area contributed by atoms with Crippen LogP contribution in [0.3, 0.4) is 0 Å². The van der Waals surface area contributed by atoms with Crippen LogP contribution < -0.4 is 4.74 Å². The molecule has 2 heterocycles. The third kappa shape index (κ3) is 3.72. The number of nitrogens with zero attached hydrogens (tertiary/aromatic N) is 1. The molecule has 0 aromatic heterocycles. The van der Waals surface area contributed by atoms with Crippen LogP contribution in [0, 0.1) is 5.92 Å². The highest BCUT2D eigenvalue weighted by Crippen LogP contribution is 2.43. The zero-order valence-electron chi connectivity index (χ0n) is 16.5. The molecule has 4 rings (SSSR count). The van der Waals surface area contributed by atoms with Crippen LogP contribution in [-0.4, -0.2) is 56.4 Å². The predicted molar refractivity (Wildman–Crippen MR) is 103 cm³/mol. The van der Waals surface area contributed by atoms with Crippen LogP contribution in [0.2, 0.25) is 0 Å². The Morgan fingerprint density at radius 1 is 1.11 bits per heavy atom. The Labute approximate surface area is 162 Å². The summed E-state index contributed by atoms with van der Waals surface area (Å²) in [7, 11) is 3.17. The minimum Gasteiger partial charge on any atom is -0.497 e. The average Bonchev–Trinajstić information content (AvgIpc) is 3.36. The van der Waals surface area contributed by atoms with Crippen molar-refractivity contribution in [2.45, 2.75) is 56.1 Å². The number of carbonyl (C=O) groups excluding carboxylic acids is 1. The van der Waals surface area contributed by atoms with Gasteiger partial charge in [-0.3, -0.25) is 9.69 Å². The first-order valence-corrected chi connectivity index (χ1v) is 10.2. The first-order chi connectivity index (χ1) is 13.1. The second-order valence-electron chi connectivity index (χ2n) is 8.33. The standard InChI is InChI=1S/C22H31NO4/c1-25-18-6-4-16(5-7-18)19-14-23(15-20(19)21(24)26-2)17-8-11-22(12-9-17)10-3-13-27-22/h4-7,17,19-20H,3,8-15H2,1-2H3/t17?,19-,20?,22?/m0/s1. The van der Waals surface area contributed by atoms with E-state index in [-0.39, 0.29) is 23.4 Å². The Balaban J connectivity index is 1.46. The minimum atomic E-state index is -0.0954. The van der Waals surface area contributed by atoms with E-state index >= 15 is 0 Å². The van der Waals surface area contributed by atoms with Crippen LogP contribution in [-0.2, 0) is 14.3 Å². The molecule has 5 heteroatoms. The van der Waals surface area contributed by atoms with E-state index < -0.39 is 0 Å². The quantitative estimate of drug-likeness (QED) is 0.758. The van der Waals surface area contributed by atoms with E-state index in [4.69, 9.17) is 14.2 Å². The van der Waals surface area contributed by atoms with E-state index in [0.29, 0.717) is 6.04 Å². The van der Waals surface area contributed by atoms with Crippen molar-refractivity contribution in [2.24, 2.45) is 5.92 Å². The molecule has 1 aromatic rings. The van der Waals surface area contributed by atoms with Gasteiger partial charge in [0.25, 0.3) is 0 Å². The van der Waals surface area contributed by atoms with Gasteiger partial charge in [-0.05, 0) is 56.2 Å². The van der Waals surface area contributed by atoms with Crippen molar-refractivity contribution in [2.75, 3.05) is 33.9 Å². The van der Waals surface area contributed by atoms with E-state index in [1.807, 2.05) is 12.1 Å². The smallest absolute Gasteiger partial charge is 0.310 e. The lowest BCUT2D eigenvalue weighted by Crippen LogP contribution is -2.42. The minimum absolute atomic E-state index is 0.0928. The number of rotatable bonds is 4. The zero-order chi connectivity index (χ0) is 18.9. The van der Waals surface area contributed by atoms with Crippen LogP contribution in [0.25, 0.3) is 0 Å². The van der Waals surface area contributed by atoms with Crippen molar-refractivity contribution >= 4 is 5.97 Å². The summed E-state index contributed by atoms with van der Waals surface area (Å²) >= 11 is 0. The number of methoxy groups -OCH3 is 2. The Hall–Kier alpha value is -1.59. The van der Waals surface area contributed by atoms with Gasteiger partial charge in [0.2, 0.25) is 0 Å². The molecule has 3 aliphatic rings. The molecule has 0 bridgehead atoms. The van der Waals surface area contributed by atoms with Crippen LogP contribution in [0.5, 0.6) is 5.75 Å². The van der Waals surface area contributed by atoms with E-state index in [0.717, 1.165) is 38.3 Å². The molecule has 3 fully saturated rings. The summed E-state index contributed by atoms with van der Waals surface area (Å²) in [6.07, 6.45) is 7.08. The summed E-state index contributed by atoms with van der Waals surface area (Å²) in [5.41, 5.74) is 1.35. The van der Waals surface area contributed by atoms with Gasteiger partial charge < -0.3 is 14.2 Å². The molecular weight excluding hydrogens is 342 g/mol. The molecule has 1 aromatic carbocycles. The SMILES string of the molecule is COC(=O)C1CN(C2CCC3(CCCO3)CC2)C[C@H]1c1ccc(OC)cc1. The summed E-state index contributed by atoms with van der Waals surface area (Å²) in [5.74, 6) is 0.839. The zero-order valence-corrected chi connectivity index (χ0v) is 16.5. The Kier molecular flexibility index (Phi) is 5.42. The van der Waals surface area contributed by atoms with Gasteiger partial charge in [0.05, 0.1) is 25.7 Å². The number of likely N-dealkylation sites (tertiary alicyclic amines) is 1. The maximum atomic E-state index is 12.5. The third-order valence-corrected chi connectivity index (χ3v) is 6.96. The van der Waals surface area contributed by atoms with Gasteiger partial charge in [0, 0.05) is 31.7 Å². The number of hydrogen-bond donors (Lipinski definition) is 0. The van der Waals surface area contributed by atoms with Crippen LogP contribution in [0.4, 0.5) is 0 Å². The molecule has 2 aliphatic heterocycles. The first kappa shape index (κ1) is 18.8. The lowest BCUT2D eigenvalue weighted by molar-refractivity contribution is -0.145. The molecule has 2 saturated heterocycles. The van der Waals surface area contributed by atoms with Gasteiger partial charge in [-0.2, -0.15) is 0 Å². The molecule has 1 saturated carbocycles. The van der Waals surface area contributed by atoms with Gasteiger partial charge in [-0.25, -0.2) is 0 Å². The molecular formula is C22H31NO4. The number of hydrogen-bond acceptors (Lipinski definition) is 5. The van der Waals surface area contributed by atoms with Crippen molar-refractivity contribution in [3.8, 4) is 5.75 Å². The number of carbonyl (C=O) groups is 1. The lowest BCUT2D eigenvalue weighted by atomic mass is 9.80. The molecule has 0 N–H and O–H groups in total. The highest BCUT2D eigenvalue weighted by atomic mass is 16.5. The van der Waals surface area contributed by atoms with Crippen molar-refractivity contribution < 1.29 is 19.0 Å². The molecule has 5 nitrogen and oxygen atoms in total. The third-order valence-electron chi connectivity index (χ3n) is 6.96. The van der Waals surface area contributed by atoms with Gasteiger partial charge in [0.1, 0.15) is 5.75 Å². The van der Waals surface area contributed by atoms with Crippen molar-refractivity contribution in [1.82, 2.24) is 4.90 Å². The van der Waals surface area contributed by atoms with Gasteiger partial charge in [-0.1, -0.05) is 12.1 Å². The van der Waals surface area contributed by atoms with E-state index in [2.05, 4.69) is 17.0 Å². The van der Waals surface area contributed by atoms with Crippen LogP contribution in [0.1, 0.15) is 50.0 Å². The fraction of sp³-hybridized carbons (Fsp3) is 0.682. The lowest BCUT2D eigenvalue weighted by Gasteiger charge is -2.40. The number of esters is 1. The molecule has 1 unspecified atom stereocenters. The first-order valence-electron chi connectivity index (χ1n) is 10.2. The second-order valence-corrected chi connectivity index (χ2v) is 8.33. The highest BCUT2D eigenvalue weighted by Gasteiger charge is 2.45.